The van der Waals surface area contributed by atoms with E-state index in [1.54, 1.807) is 31.2 Å². The van der Waals surface area contributed by atoms with Gasteiger partial charge in [-0.2, -0.15) is 0 Å². The zero-order chi connectivity index (χ0) is 14.7. The molecule has 0 atom stereocenters. The smallest absolute Gasteiger partial charge is 0.173 e. The Morgan fingerprint density at radius 3 is 2.70 bits per heavy atom. The van der Waals surface area contributed by atoms with Crippen LogP contribution in [-0.4, -0.2) is 11.0 Å². The van der Waals surface area contributed by atoms with Crippen LogP contribution in [-0.2, 0) is 0 Å². The molecule has 0 amide bonds. The lowest BCUT2D eigenvalue weighted by Crippen LogP contribution is -2.14. The minimum absolute atomic E-state index is 0.0876. The summed E-state index contributed by atoms with van der Waals surface area (Å²) in [6, 6.07) is 9.31. The first-order valence-corrected chi connectivity index (χ1v) is 6.52. The van der Waals surface area contributed by atoms with E-state index in [2.05, 4.69) is 21.1 Å². The van der Waals surface area contributed by atoms with Crippen molar-refractivity contribution in [2.75, 3.05) is 0 Å². The van der Waals surface area contributed by atoms with Gasteiger partial charge in [0.1, 0.15) is 17.3 Å². The van der Waals surface area contributed by atoms with Gasteiger partial charge in [0.25, 0.3) is 0 Å². The summed E-state index contributed by atoms with van der Waals surface area (Å²) in [5, 5.41) is 11.8. The fraction of sp³-hybridized carbons (Fsp3) is 0.0714. The van der Waals surface area contributed by atoms with E-state index in [0.29, 0.717) is 17.1 Å². The maximum atomic E-state index is 13.3. The van der Waals surface area contributed by atoms with Crippen LogP contribution < -0.4 is 10.5 Å². The third-order valence-electron chi connectivity index (χ3n) is 2.70. The van der Waals surface area contributed by atoms with E-state index in [9.17, 15) is 4.39 Å². The molecule has 0 spiro atoms. The number of ether oxygens (including phenoxy) is 1. The molecule has 3 N–H and O–H groups in total. The van der Waals surface area contributed by atoms with Gasteiger partial charge in [0.15, 0.2) is 5.84 Å². The normalized spacial score (nSPS) is 11.4. The van der Waals surface area contributed by atoms with E-state index in [1.165, 1.54) is 12.1 Å². The van der Waals surface area contributed by atoms with E-state index in [4.69, 9.17) is 15.7 Å². The predicted molar refractivity (Wildman–Crippen MR) is 77.9 cm³/mol. The molecule has 0 unspecified atom stereocenters. The standard InChI is InChI=1S/C14H12BrFN2O2/c1-8-2-4-10(16)7-13(8)20-12-5-3-9(15)6-11(12)14(17)18-19/h2-7,19H,1H3,(H2,17,18). The van der Waals surface area contributed by atoms with Crippen LogP contribution in [0.4, 0.5) is 4.39 Å². The highest BCUT2D eigenvalue weighted by Crippen LogP contribution is 2.30. The Hall–Kier alpha value is -2.08. The highest BCUT2D eigenvalue weighted by Gasteiger charge is 2.12. The Morgan fingerprint density at radius 1 is 1.25 bits per heavy atom. The first-order chi connectivity index (χ1) is 9.51. The van der Waals surface area contributed by atoms with Gasteiger partial charge in [-0.15, -0.1) is 0 Å². The van der Waals surface area contributed by atoms with Gasteiger partial charge in [0, 0.05) is 10.5 Å². The fourth-order valence-corrected chi connectivity index (χ4v) is 2.01. The minimum atomic E-state index is -0.395. The number of hydrogen-bond acceptors (Lipinski definition) is 3. The summed E-state index contributed by atoms with van der Waals surface area (Å²) in [5.41, 5.74) is 6.80. The SMILES string of the molecule is Cc1ccc(F)cc1Oc1ccc(Br)cc1/C(N)=N/O. The Kier molecular flexibility index (Phi) is 4.24. The van der Waals surface area contributed by atoms with Gasteiger partial charge >= 0.3 is 0 Å². The van der Waals surface area contributed by atoms with Crippen molar-refractivity contribution in [1.29, 1.82) is 0 Å². The van der Waals surface area contributed by atoms with E-state index in [-0.39, 0.29) is 5.84 Å². The summed E-state index contributed by atoms with van der Waals surface area (Å²) < 4.78 is 19.7. The van der Waals surface area contributed by atoms with Crippen LogP contribution in [0.5, 0.6) is 11.5 Å². The summed E-state index contributed by atoms with van der Waals surface area (Å²) in [6.07, 6.45) is 0. The Balaban J connectivity index is 2.46. The van der Waals surface area contributed by atoms with Crippen molar-refractivity contribution >= 4 is 21.8 Å². The van der Waals surface area contributed by atoms with Gasteiger partial charge in [0.05, 0.1) is 5.56 Å². The molecule has 0 aliphatic rings. The molecule has 0 saturated heterocycles. The van der Waals surface area contributed by atoms with Crippen LogP contribution >= 0.6 is 15.9 Å². The minimum Gasteiger partial charge on any atom is -0.456 e. The van der Waals surface area contributed by atoms with Crippen molar-refractivity contribution < 1.29 is 14.3 Å². The van der Waals surface area contributed by atoms with Gasteiger partial charge in [-0.3, -0.25) is 0 Å². The molecule has 0 aliphatic heterocycles. The molecule has 0 aliphatic carbocycles. The highest BCUT2D eigenvalue weighted by molar-refractivity contribution is 9.10. The molecule has 20 heavy (non-hydrogen) atoms. The van der Waals surface area contributed by atoms with Crippen molar-refractivity contribution in [1.82, 2.24) is 0 Å². The number of nitrogens with zero attached hydrogens (tertiary/aromatic N) is 1. The van der Waals surface area contributed by atoms with Gasteiger partial charge in [-0.05, 0) is 36.8 Å². The summed E-state index contributed by atoms with van der Waals surface area (Å²) >= 11 is 3.30. The number of oxime groups is 1. The van der Waals surface area contributed by atoms with E-state index in [1.807, 2.05) is 0 Å². The monoisotopic (exact) mass is 338 g/mol. The number of nitrogens with two attached hydrogens (primary N) is 1. The lowest BCUT2D eigenvalue weighted by atomic mass is 10.1. The third-order valence-corrected chi connectivity index (χ3v) is 3.19. The highest BCUT2D eigenvalue weighted by atomic mass is 79.9. The Labute approximate surface area is 123 Å². The van der Waals surface area contributed by atoms with E-state index < -0.39 is 5.82 Å². The predicted octanol–water partition coefficient (Wildman–Crippen LogP) is 3.78. The second-order valence-corrected chi connectivity index (χ2v) is 5.05. The van der Waals surface area contributed by atoms with Gasteiger partial charge in [-0.25, -0.2) is 4.39 Å². The molecule has 2 aromatic rings. The van der Waals surface area contributed by atoms with Crippen LogP contribution in [0.1, 0.15) is 11.1 Å². The molecular formula is C14H12BrFN2O2. The van der Waals surface area contributed by atoms with Crippen LogP contribution in [0.15, 0.2) is 46.0 Å². The molecule has 2 rings (SSSR count). The molecule has 0 saturated carbocycles. The summed E-state index contributed by atoms with van der Waals surface area (Å²) in [5.74, 6) is 0.264. The zero-order valence-electron chi connectivity index (χ0n) is 10.6. The summed E-state index contributed by atoms with van der Waals surface area (Å²) in [4.78, 5) is 0. The average molecular weight is 339 g/mol. The maximum Gasteiger partial charge on any atom is 0.173 e. The molecule has 0 fully saturated rings. The van der Waals surface area contributed by atoms with Gasteiger partial charge in [-0.1, -0.05) is 27.2 Å². The molecule has 0 bridgehead atoms. The van der Waals surface area contributed by atoms with E-state index >= 15 is 0 Å². The van der Waals surface area contributed by atoms with Gasteiger partial charge < -0.3 is 15.7 Å². The molecular weight excluding hydrogens is 327 g/mol. The number of aryl methyl sites for hydroxylation is 1. The number of rotatable bonds is 3. The third kappa shape index (κ3) is 3.08. The number of benzene rings is 2. The molecule has 0 aromatic heterocycles. The molecule has 6 heteroatoms. The van der Waals surface area contributed by atoms with E-state index in [0.717, 1.165) is 10.0 Å². The number of amidine groups is 1. The van der Waals surface area contributed by atoms with Crippen LogP contribution in [0.3, 0.4) is 0 Å². The van der Waals surface area contributed by atoms with Crippen molar-refractivity contribution in [2.45, 2.75) is 6.92 Å². The van der Waals surface area contributed by atoms with Crippen molar-refractivity contribution in [3.05, 3.63) is 57.8 Å². The zero-order valence-corrected chi connectivity index (χ0v) is 12.2. The molecule has 2 aromatic carbocycles. The molecule has 104 valence electrons. The molecule has 4 nitrogen and oxygen atoms in total. The molecule has 0 heterocycles. The van der Waals surface area contributed by atoms with Crippen LogP contribution in [0, 0.1) is 12.7 Å². The van der Waals surface area contributed by atoms with Crippen molar-refractivity contribution in [3.8, 4) is 11.5 Å². The van der Waals surface area contributed by atoms with Crippen molar-refractivity contribution in [3.63, 3.8) is 0 Å². The lowest BCUT2D eigenvalue weighted by molar-refractivity contribution is 0.318. The van der Waals surface area contributed by atoms with Crippen LogP contribution in [0.2, 0.25) is 0 Å². The molecule has 0 radical (unpaired) electrons. The lowest BCUT2D eigenvalue weighted by Gasteiger charge is -2.12. The van der Waals surface area contributed by atoms with Crippen LogP contribution in [0.25, 0.3) is 0 Å². The average Bonchev–Trinajstić information content (AvgIpc) is 2.43. The Bertz CT molecular complexity index is 674. The Morgan fingerprint density at radius 2 is 2.00 bits per heavy atom. The van der Waals surface area contributed by atoms with Crippen molar-refractivity contribution in [2.24, 2.45) is 10.9 Å². The first-order valence-electron chi connectivity index (χ1n) is 5.72. The quantitative estimate of drug-likeness (QED) is 0.387. The topological polar surface area (TPSA) is 67.8 Å². The second-order valence-electron chi connectivity index (χ2n) is 4.14. The fourth-order valence-electron chi connectivity index (χ4n) is 1.65. The summed E-state index contributed by atoms with van der Waals surface area (Å²) in [7, 11) is 0. The van der Waals surface area contributed by atoms with Gasteiger partial charge in [0.2, 0.25) is 0 Å². The number of hydrogen-bond donors (Lipinski definition) is 2. The number of halogens is 2. The maximum absolute atomic E-state index is 13.3. The summed E-state index contributed by atoms with van der Waals surface area (Å²) in [6.45, 7) is 1.80. The first kappa shape index (κ1) is 14.3. The largest absolute Gasteiger partial charge is 0.456 e. The second kappa shape index (κ2) is 5.92.